The molecule has 2 aliphatic rings. The fraction of sp³-hybridized carbons (Fsp3) is 0.600. The predicted molar refractivity (Wildman–Crippen MR) is 78.7 cm³/mol. The third-order valence-electron chi connectivity index (χ3n) is 4.45. The van der Waals surface area contributed by atoms with Gasteiger partial charge in [0.15, 0.2) is 0 Å². The van der Waals surface area contributed by atoms with Crippen LogP contribution < -0.4 is 5.32 Å². The molecule has 0 aromatic heterocycles. The smallest absolute Gasteiger partial charge is 0.0320 e. The minimum absolute atomic E-state index is 0.527. The highest BCUT2D eigenvalue weighted by Crippen LogP contribution is 2.27. The molecule has 0 aliphatic carbocycles. The Hall–Kier alpha value is -0.380. The van der Waals surface area contributed by atoms with Crippen molar-refractivity contribution in [3.8, 4) is 0 Å². The molecule has 2 fully saturated rings. The van der Waals surface area contributed by atoms with Crippen molar-refractivity contribution >= 4 is 15.9 Å². The Kier molecular flexibility index (Phi) is 3.73. The van der Waals surface area contributed by atoms with Crippen LogP contribution in [-0.2, 0) is 0 Å². The molecule has 3 heteroatoms. The number of fused-ring (bicyclic) bond motifs is 2. The summed E-state index contributed by atoms with van der Waals surface area (Å²) in [6.07, 6.45) is 4.04. The Balaban J connectivity index is 1.71. The van der Waals surface area contributed by atoms with Crippen molar-refractivity contribution in [2.45, 2.75) is 44.3 Å². The Morgan fingerprint density at radius 2 is 1.89 bits per heavy atom. The summed E-state index contributed by atoms with van der Waals surface area (Å²) in [7, 11) is 0. The molecule has 3 atom stereocenters. The number of nitrogens with zero attached hydrogens (tertiary/aromatic N) is 1. The molecule has 3 unspecified atom stereocenters. The van der Waals surface area contributed by atoms with E-state index in [0.717, 1.165) is 16.6 Å². The highest BCUT2D eigenvalue weighted by atomic mass is 79.9. The van der Waals surface area contributed by atoms with Gasteiger partial charge in [0.2, 0.25) is 0 Å². The monoisotopic (exact) mass is 308 g/mol. The van der Waals surface area contributed by atoms with Crippen molar-refractivity contribution in [3.63, 3.8) is 0 Å². The summed E-state index contributed by atoms with van der Waals surface area (Å²) >= 11 is 3.51. The average molecular weight is 309 g/mol. The fourth-order valence-corrected chi connectivity index (χ4v) is 3.54. The summed E-state index contributed by atoms with van der Waals surface area (Å²) in [6.45, 7) is 4.77. The van der Waals surface area contributed by atoms with Crippen LogP contribution in [0.5, 0.6) is 0 Å². The van der Waals surface area contributed by atoms with Gasteiger partial charge in [-0.05, 0) is 43.9 Å². The molecule has 0 radical (unpaired) electrons. The van der Waals surface area contributed by atoms with Gasteiger partial charge in [0.1, 0.15) is 0 Å². The second-order valence-electron chi connectivity index (χ2n) is 5.65. The van der Waals surface area contributed by atoms with Crippen LogP contribution in [0.25, 0.3) is 0 Å². The van der Waals surface area contributed by atoms with Gasteiger partial charge in [-0.25, -0.2) is 0 Å². The Morgan fingerprint density at radius 3 is 2.67 bits per heavy atom. The van der Waals surface area contributed by atoms with Crippen molar-refractivity contribution in [2.75, 3.05) is 13.1 Å². The van der Waals surface area contributed by atoms with Gasteiger partial charge in [0.05, 0.1) is 0 Å². The zero-order chi connectivity index (χ0) is 12.5. The van der Waals surface area contributed by atoms with Crippen LogP contribution >= 0.6 is 15.9 Å². The quantitative estimate of drug-likeness (QED) is 0.901. The van der Waals surface area contributed by atoms with E-state index in [2.05, 4.69) is 57.3 Å². The lowest BCUT2D eigenvalue weighted by Crippen LogP contribution is -2.36. The first-order chi connectivity index (χ1) is 8.72. The van der Waals surface area contributed by atoms with E-state index >= 15 is 0 Å². The molecular weight excluding hydrogens is 288 g/mol. The molecule has 3 rings (SSSR count). The van der Waals surface area contributed by atoms with Crippen LogP contribution in [0.4, 0.5) is 0 Å². The van der Waals surface area contributed by atoms with Crippen molar-refractivity contribution in [1.29, 1.82) is 0 Å². The topological polar surface area (TPSA) is 15.3 Å². The van der Waals surface area contributed by atoms with Crippen LogP contribution in [-0.4, -0.2) is 30.1 Å². The third kappa shape index (κ3) is 2.63. The fourth-order valence-electron chi connectivity index (χ4n) is 3.27. The number of likely N-dealkylation sites (tertiary alicyclic amines) is 1. The van der Waals surface area contributed by atoms with Gasteiger partial charge in [-0.2, -0.15) is 0 Å². The lowest BCUT2D eigenvalue weighted by atomic mass is 10.0. The van der Waals surface area contributed by atoms with Gasteiger partial charge in [-0.15, -0.1) is 0 Å². The van der Waals surface area contributed by atoms with E-state index in [-0.39, 0.29) is 0 Å². The highest BCUT2D eigenvalue weighted by molar-refractivity contribution is 9.10. The number of benzene rings is 1. The maximum Gasteiger partial charge on any atom is 0.0320 e. The summed E-state index contributed by atoms with van der Waals surface area (Å²) in [5.74, 6) is 0. The van der Waals surface area contributed by atoms with E-state index in [0.29, 0.717) is 6.04 Å². The summed E-state index contributed by atoms with van der Waals surface area (Å²) in [5.41, 5.74) is 1.43. The molecule has 0 saturated carbocycles. The van der Waals surface area contributed by atoms with Crippen LogP contribution in [0.15, 0.2) is 28.7 Å². The normalized spacial score (nSPS) is 30.1. The molecule has 2 aliphatic heterocycles. The first-order valence-corrected chi connectivity index (χ1v) is 7.77. The second-order valence-corrected chi connectivity index (χ2v) is 6.56. The Labute approximate surface area is 118 Å². The lowest BCUT2D eigenvalue weighted by Gasteiger charge is -2.30. The molecule has 1 N–H and O–H groups in total. The summed E-state index contributed by atoms with van der Waals surface area (Å²) < 4.78 is 1.16. The molecule has 0 amide bonds. The summed E-state index contributed by atoms with van der Waals surface area (Å²) in [6, 6.07) is 10.8. The van der Waals surface area contributed by atoms with E-state index < -0.39 is 0 Å². The van der Waals surface area contributed by atoms with Crippen molar-refractivity contribution in [3.05, 3.63) is 34.3 Å². The number of nitrogens with one attached hydrogen (secondary N) is 1. The third-order valence-corrected chi connectivity index (χ3v) is 4.98. The van der Waals surface area contributed by atoms with Gasteiger partial charge >= 0.3 is 0 Å². The number of halogens is 1. The summed E-state index contributed by atoms with van der Waals surface area (Å²) in [4.78, 5) is 2.64. The molecular formula is C15H21BrN2. The van der Waals surface area contributed by atoms with Crippen LogP contribution in [0, 0.1) is 0 Å². The maximum absolute atomic E-state index is 3.75. The largest absolute Gasteiger partial charge is 0.310 e. The van der Waals surface area contributed by atoms with E-state index in [9.17, 15) is 0 Å². The van der Waals surface area contributed by atoms with E-state index in [1.165, 1.54) is 37.9 Å². The first-order valence-electron chi connectivity index (χ1n) is 6.98. The van der Waals surface area contributed by atoms with E-state index in [1.54, 1.807) is 0 Å². The van der Waals surface area contributed by atoms with Crippen LogP contribution in [0.3, 0.4) is 0 Å². The molecule has 1 aromatic rings. The molecule has 2 saturated heterocycles. The summed E-state index contributed by atoms with van der Waals surface area (Å²) in [5, 5.41) is 3.75. The minimum atomic E-state index is 0.527. The molecule has 98 valence electrons. The molecule has 2 heterocycles. The molecule has 18 heavy (non-hydrogen) atoms. The molecule has 0 spiro atoms. The minimum Gasteiger partial charge on any atom is -0.310 e. The zero-order valence-electron chi connectivity index (χ0n) is 10.9. The molecule has 2 bridgehead atoms. The Morgan fingerprint density at radius 1 is 1.17 bits per heavy atom. The standard InChI is InChI=1S/C15H21BrN2/c1-11(12-2-4-13(16)5-3-12)18-9-8-14-6-7-15(10-18)17-14/h2-5,11,14-15,17H,6-10H2,1H3. The number of hydrogen-bond acceptors (Lipinski definition) is 2. The average Bonchev–Trinajstić information content (AvgIpc) is 2.69. The Bertz CT molecular complexity index is 403. The number of rotatable bonds is 2. The van der Waals surface area contributed by atoms with Crippen molar-refractivity contribution in [1.82, 2.24) is 10.2 Å². The van der Waals surface area contributed by atoms with Gasteiger partial charge in [0.25, 0.3) is 0 Å². The van der Waals surface area contributed by atoms with Crippen molar-refractivity contribution in [2.24, 2.45) is 0 Å². The van der Waals surface area contributed by atoms with Gasteiger partial charge in [-0.1, -0.05) is 28.1 Å². The predicted octanol–water partition coefficient (Wildman–Crippen LogP) is 3.34. The van der Waals surface area contributed by atoms with Crippen molar-refractivity contribution < 1.29 is 0 Å². The highest BCUT2D eigenvalue weighted by Gasteiger charge is 2.31. The van der Waals surface area contributed by atoms with Crippen LogP contribution in [0.2, 0.25) is 0 Å². The van der Waals surface area contributed by atoms with Gasteiger partial charge in [0, 0.05) is 35.7 Å². The SMILES string of the molecule is CC(c1ccc(Br)cc1)N1CCC2CCC(C1)N2. The van der Waals surface area contributed by atoms with E-state index in [1.807, 2.05) is 0 Å². The van der Waals surface area contributed by atoms with Gasteiger partial charge in [-0.3, -0.25) is 4.90 Å². The zero-order valence-corrected chi connectivity index (χ0v) is 12.5. The van der Waals surface area contributed by atoms with Gasteiger partial charge < -0.3 is 5.32 Å². The number of hydrogen-bond donors (Lipinski definition) is 1. The maximum atomic E-state index is 3.75. The lowest BCUT2D eigenvalue weighted by molar-refractivity contribution is 0.200. The van der Waals surface area contributed by atoms with Crippen LogP contribution in [0.1, 0.15) is 37.8 Å². The second kappa shape index (κ2) is 5.32. The van der Waals surface area contributed by atoms with E-state index in [4.69, 9.17) is 0 Å². The molecule has 2 nitrogen and oxygen atoms in total. The molecule has 1 aromatic carbocycles. The first kappa shape index (κ1) is 12.6.